The Kier molecular flexibility index (Phi) is 6.21. The van der Waals surface area contributed by atoms with Gasteiger partial charge in [0.15, 0.2) is 17.5 Å². The molecule has 7 rings (SSSR count). The van der Waals surface area contributed by atoms with Crippen molar-refractivity contribution in [3.8, 4) is 45.9 Å². The topological polar surface area (TPSA) is 67.4 Å². The van der Waals surface area contributed by atoms with Gasteiger partial charge in [-0.05, 0) is 42.5 Å². The molecule has 5 nitrogen and oxygen atoms in total. The summed E-state index contributed by atoms with van der Waals surface area (Å²) in [6.07, 6.45) is -4.49. The maximum atomic E-state index is 13.6. The third-order valence-corrected chi connectivity index (χ3v) is 7.32. The van der Waals surface area contributed by atoms with Gasteiger partial charge < -0.3 is 4.57 Å². The van der Waals surface area contributed by atoms with Crippen molar-refractivity contribution in [1.29, 1.82) is 5.26 Å². The Bertz CT molecular complexity index is 2120. The zero-order valence-electron chi connectivity index (χ0n) is 22.4. The first-order valence-corrected chi connectivity index (χ1v) is 13.4. The van der Waals surface area contributed by atoms with Crippen LogP contribution in [0.1, 0.15) is 11.1 Å². The second-order valence-corrected chi connectivity index (χ2v) is 9.96. The van der Waals surface area contributed by atoms with Crippen molar-refractivity contribution in [2.75, 3.05) is 0 Å². The summed E-state index contributed by atoms with van der Waals surface area (Å²) in [5.74, 6) is 1.39. The van der Waals surface area contributed by atoms with Gasteiger partial charge in [-0.25, -0.2) is 15.0 Å². The molecule has 0 saturated carbocycles. The minimum absolute atomic E-state index is 0.354. The standard InChI is InChI=1S/C35H20F3N5/c36-35(37,38)26-17-18-30-28(20-26)27-13-7-8-14-29(27)43(30)31-19-24(15-16-25(31)21-39)34-41-32(22-9-3-1-4-10-22)40-33(42-34)23-11-5-2-6-12-23/h1-20H. The number of hydrogen-bond donors (Lipinski definition) is 0. The summed E-state index contributed by atoms with van der Waals surface area (Å²) >= 11 is 0. The second-order valence-electron chi connectivity index (χ2n) is 9.96. The van der Waals surface area contributed by atoms with E-state index in [2.05, 4.69) is 6.07 Å². The molecule has 0 radical (unpaired) electrons. The Morgan fingerprint density at radius 1 is 0.558 bits per heavy atom. The smallest absolute Gasteiger partial charge is 0.308 e. The van der Waals surface area contributed by atoms with Crippen LogP contribution in [0.5, 0.6) is 0 Å². The van der Waals surface area contributed by atoms with E-state index in [-0.39, 0.29) is 0 Å². The van der Waals surface area contributed by atoms with Gasteiger partial charge in [-0.1, -0.05) is 78.9 Å². The molecule has 7 aromatic rings. The molecule has 2 aromatic heterocycles. The lowest BCUT2D eigenvalue weighted by Crippen LogP contribution is -2.04. The highest BCUT2D eigenvalue weighted by molar-refractivity contribution is 6.09. The highest BCUT2D eigenvalue weighted by Gasteiger charge is 2.31. The summed E-state index contributed by atoms with van der Waals surface area (Å²) in [4.78, 5) is 14.3. The summed E-state index contributed by atoms with van der Waals surface area (Å²) < 4.78 is 42.8. The number of benzene rings is 5. The first kappa shape index (κ1) is 26.1. The molecule has 0 bridgehead atoms. The summed E-state index contributed by atoms with van der Waals surface area (Å²) in [5, 5.41) is 11.2. The van der Waals surface area contributed by atoms with Gasteiger partial charge in [0, 0.05) is 27.5 Å². The highest BCUT2D eigenvalue weighted by atomic mass is 19.4. The third kappa shape index (κ3) is 4.67. The number of nitrogens with zero attached hydrogens (tertiary/aromatic N) is 5. The second kappa shape index (κ2) is 10.2. The molecule has 0 spiro atoms. The maximum Gasteiger partial charge on any atom is 0.416 e. The Morgan fingerprint density at radius 3 is 1.72 bits per heavy atom. The van der Waals surface area contributed by atoms with Crippen molar-refractivity contribution in [3.63, 3.8) is 0 Å². The largest absolute Gasteiger partial charge is 0.416 e. The van der Waals surface area contributed by atoms with Crippen molar-refractivity contribution in [2.24, 2.45) is 0 Å². The Morgan fingerprint density at radius 2 is 1.12 bits per heavy atom. The summed E-state index contributed by atoms with van der Waals surface area (Å²) in [7, 11) is 0. The van der Waals surface area contributed by atoms with Crippen LogP contribution in [-0.2, 0) is 6.18 Å². The van der Waals surface area contributed by atoms with Crippen LogP contribution in [-0.4, -0.2) is 19.5 Å². The zero-order chi connectivity index (χ0) is 29.6. The Hall–Kier alpha value is -5.81. The van der Waals surface area contributed by atoms with Crippen LogP contribution in [0.3, 0.4) is 0 Å². The van der Waals surface area contributed by atoms with Gasteiger partial charge in [-0.3, -0.25) is 0 Å². The molecular weight excluding hydrogens is 547 g/mol. The van der Waals surface area contributed by atoms with E-state index in [0.717, 1.165) is 23.3 Å². The fraction of sp³-hybridized carbons (Fsp3) is 0.0286. The number of hydrogen-bond acceptors (Lipinski definition) is 4. The average Bonchev–Trinajstić information content (AvgIpc) is 3.38. The first-order chi connectivity index (χ1) is 20.9. The molecule has 206 valence electrons. The van der Waals surface area contributed by atoms with E-state index < -0.39 is 11.7 Å². The lowest BCUT2D eigenvalue weighted by molar-refractivity contribution is -0.137. The molecule has 0 amide bonds. The maximum absolute atomic E-state index is 13.6. The Balaban J connectivity index is 1.48. The minimum Gasteiger partial charge on any atom is -0.308 e. The molecule has 8 heteroatoms. The molecule has 0 aliphatic heterocycles. The molecule has 0 atom stereocenters. The van der Waals surface area contributed by atoms with E-state index in [4.69, 9.17) is 15.0 Å². The minimum atomic E-state index is -4.49. The van der Waals surface area contributed by atoms with Crippen molar-refractivity contribution < 1.29 is 13.2 Å². The normalized spacial score (nSPS) is 11.6. The number of nitriles is 1. The fourth-order valence-corrected chi connectivity index (χ4v) is 5.30. The highest BCUT2D eigenvalue weighted by Crippen LogP contribution is 2.38. The van der Waals surface area contributed by atoms with Gasteiger partial charge in [-0.15, -0.1) is 0 Å². The van der Waals surface area contributed by atoms with Crippen LogP contribution in [0.25, 0.3) is 61.7 Å². The summed E-state index contributed by atoms with van der Waals surface area (Å²) in [6.45, 7) is 0. The number of alkyl halides is 3. The van der Waals surface area contributed by atoms with E-state index in [0.29, 0.717) is 56.1 Å². The molecule has 0 N–H and O–H groups in total. The third-order valence-electron chi connectivity index (χ3n) is 7.32. The van der Waals surface area contributed by atoms with Gasteiger partial charge in [0.25, 0.3) is 0 Å². The van der Waals surface area contributed by atoms with Gasteiger partial charge in [0.05, 0.1) is 27.8 Å². The van der Waals surface area contributed by atoms with E-state index in [1.165, 1.54) is 6.07 Å². The molecule has 0 unspecified atom stereocenters. The average molecular weight is 568 g/mol. The van der Waals surface area contributed by atoms with Gasteiger partial charge in [0.2, 0.25) is 0 Å². The molecular formula is C35H20F3N5. The van der Waals surface area contributed by atoms with Crippen LogP contribution in [0.15, 0.2) is 121 Å². The zero-order valence-corrected chi connectivity index (χ0v) is 22.4. The van der Waals surface area contributed by atoms with Crippen LogP contribution < -0.4 is 0 Å². The summed E-state index contributed by atoms with van der Waals surface area (Å²) in [6, 6.07) is 37.6. The number of aromatic nitrogens is 4. The van der Waals surface area contributed by atoms with Crippen LogP contribution >= 0.6 is 0 Å². The van der Waals surface area contributed by atoms with Crippen molar-refractivity contribution in [3.05, 3.63) is 132 Å². The van der Waals surface area contributed by atoms with Crippen molar-refractivity contribution in [2.45, 2.75) is 6.18 Å². The number of para-hydroxylation sites is 1. The number of fused-ring (bicyclic) bond motifs is 3. The fourth-order valence-electron chi connectivity index (χ4n) is 5.30. The van der Waals surface area contributed by atoms with Gasteiger partial charge in [-0.2, -0.15) is 18.4 Å². The van der Waals surface area contributed by atoms with Crippen LogP contribution in [0.4, 0.5) is 13.2 Å². The van der Waals surface area contributed by atoms with E-state index >= 15 is 0 Å². The monoisotopic (exact) mass is 567 g/mol. The molecule has 2 heterocycles. The van der Waals surface area contributed by atoms with Crippen LogP contribution in [0, 0.1) is 11.3 Å². The number of rotatable bonds is 4. The number of halogens is 3. The van der Waals surface area contributed by atoms with Crippen LogP contribution in [0.2, 0.25) is 0 Å². The van der Waals surface area contributed by atoms with E-state index in [1.807, 2.05) is 77.4 Å². The predicted molar refractivity (Wildman–Crippen MR) is 160 cm³/mol. The van der Waals surface area contributed by atoms with E-state index in [9.17, 15) is 18.4 Å². The van der Waals surface area contributed by atoms with Crippen molar-refractivity contribution in [1.82, 2.24) is 19.5 Å². The van der Waals surface area contributed by atoms with Gasteiger partial charge >= 0.3 is 6.18 Å². The van der Waals surface area contributed by atoms with Crippen molar-refractivity contribution >= 4 is 21.8 Å². The van der Waals surface area contributed by atoms with E-state index in [1.54, 1.807) is 30.3 Å². The molecule has 0 saturated heterocycles. The first-order valence-electron chi connectivity index (χ1n) is 13.4. The predicted octanol–water partition coefficient (Wildman–Crippen LogP) is 8.86. The van der Waals surface area contributed by atoms with Gasteiger partial charge in [0.1, 0.15) is 6.07 Å². The molecule has 5 aromatic carbocycles. The Labute approximate surface area is 244 Å². The molecule has 43 heavy (non-hydrogen) atoms. The lowest BCUT2D eigenvalue weighted by atomic mass is 10.1. The summed E-state index contributed by atoms with van der Waals surface area (Å²) in [5.41, 5.74) is 3.62. The molecule has 0 fully saturated rings. The quantitative estimate of drug-likeness (QED) is 0.213. The lowest BCUT2D eigenvalue weighted by Gasteiger charge is -2.13. The SMILES string of the molecule is N#Cc1ccc(-c2nc(-c3ccccc3)nc(-c3ccccc3)n2)cc1-n1c2ccccc2c2cc(C(F)(F)F)ccc21. The molecule has 0 aliphatic rings. The molecule has 0 aliphatic carbocycles.